The lowest BCUT2D eigenvalue weighted by Crippen LogP contribution is -2.50. The van der Waals surface area contributed by atoms with Crippen molar-refractivity contribution in [3.05, 3.63) is 75.1 Å². The van der Waals surface area contributed by atoms with E-state index in [-0.39, 0.29) is 11.4 Å². The first-order chi connectivity index (χ1) is 20.0. The number of rotatable bonds is 9. The monoisotopic (exact) mass is 639 g/mol. The third-order valence-corrected chi connectivity index (χ3v) is 9.07. The molecule has 0 saturated carbocycles. The van der Waals surface area contributed by atoms with E-state index in [0.29, 0.717) is 36.5 Å². The maximum Gasteiger partial charge on any atom is 0.431 e. The van der Waals surface area contributed by atoms with E-state index in [4.69, 9.17) is 4.74 Å². The van der Waals surface area contributed by atoms with E-state index in [0.717, 1.165) is 22.9 Å². The highest BCUT2D eigenvalue weighted by molar-refractivity contribution is 7.87. The number of ether oxygens (including phenoxy) is 1. The predicted octanol–water partition coefficient (Wildman–Crippen LogP) is 3.69. The Morgan fingerprint density at radius 1 is 1.07 bits per heavy atom. The average molecular weight is 640 g/mol. The molecule has 2 aromatic carbocycles. The number of carbonyl (C=O) groups is 1. The van der Waals surface area contributed by atoms with Gasteiger partial charge in [0.2, 0.25) is 0 Å². The van der Waals surface area contributed by atoms with Gasteiger partial charge in [0.05, 0.1) is 16.1 Å². The van der Waals surface area contributed by atoms with Crippen LogP contribution in [0.3, 0.4) is 0 Å². The number of amides is 1. The molecule has 0 radical (unpaired) electrons. The fraction of sp³-hybridized carbons (Fsp3) is 0.333. The highest BCUT2D eigenvalue weighted by Crippen LogP contribution is 2.37. The molecule has 0 saturated heterocycles. The Morgan fingerprint density at radius 2 is 1.72 bits per heavy atom. The van der Waals surface area contributed by atoms with Crippen molar-refractivity contribution in [3.63, 3.8) is 0 Å². The Bertz CT molecular complexity index is 1900. The highest BCUT2D eigenvalue weighted by atomic mass is 32.2. The van der Waals surface area contributed by atoms with Gasteiger partial charge in [-0.3, -0.25) is 14.2 Å². The Labute approximate surface area is 248 Å². The fourth-order valence-electron chi connectivity index (χ4n) is 4.70. The van der Waals surface area contributed by atoms with Gasteiger partial charge in [0.1, 0.15) is 11.4 Å². The molecule has 0 bridgehead atoms. The number of nitrogens with one attached hydrogen (secondary N) is 1. The maximum absolute atomic E-state index is 13.3. The molecule has 0 atom stereocenters. The lowest BCUT2D eigenvalue weighted by molar-refractivity contribution is -0.144. The number of nitrogens with zero attached hydrogens (tertiary/aromatic N) is 4. The predicted molar refractivity (Wildman–Crippen MR) is 156 cm³/mol. The topological polar surface area (TPSA) is 133 Å². The molecular weight excluding hydrogens is 611 g/mol. The lowest BCUT2D eigenvalue weighted by Gasteiger charge is -2.29. The molecule has 0 aliphatic heterocycles. The Hall–Kier alpha value is -4.02. The van der Waals surface area contributed by atoms with Crippen molar-refractivity contribution in [1.29, 1.82) is 0 Å². The Kier molecular flexibility index (Phi) is 8.85. The Morgan fingerprint density at radius 3 is 2.35 bits per heavy atom. The molecule has 1 amide bonds. The van der Waals surface area contributed by atoms with Gasteiger partial charge >= 0.3 is 22.1 Å². The molecule has 43 heavy (non-hydrogen) atoms. The second kappa shape index (κ2) is 11.9. The molecule has 16 heteroatoms. The van der Waals surface area contributed by atoms with Crippen LogP contribution in [-0.2, 0) is 28.2 Å². The molecule has 2 aromatic heterocycles. The minimum Gasteiger partial charge on any atom is -0.483 e. The minimum absolute atomic E-state index is 0.0242. The van der Waals surface area contributed by atoms with Crippen LogP contribution in [-0.4, -0.2) is 50.8 Å². The summed E-state index contributed by atoms with van der Waals surface area (Å²) in [7, 11) is -3.21. The fourth-order valence-corrected chi connectivity index (χ4v) is 7.04. The standard InChI is InChI=1S/C27H28F3N5O6S2/c1-15(2)35(16(3)4)43(39,40)32-23(36)14-41-20-9-7-6-8-18(20)25-19-12-17(10-11-21(19)42-31-25)34-24(37)13-22(27(28,29)30)33(5)26(34)38/h6-13,15-16H,14H2,1-5H3,(H,32,36). The van der Waals surface area contributed by atoms with Crippen molar-refractivity contribution in [3.8, 4) is 22.7 Å². The molecule has 4 aromatic rings. The third kappa shape index (κ3) is 6.50. The number of aromatic nitrogens is 3. The van der Waals surface area contributed by atoms with E-state index in [9.17, 15) is 36.0 Å². The second-order valence-electron chi connectivity index (χ2n) is 10.1. The molecule has 0 fully saturated rings. The van der Waals surface area contributed by atoms with Crippen LogP contribution in [0.4, 0.5) is 13.2 Å². The van der Waals surface area contributed by atoms with Gasteiger partial charge in [-0.15, -0.1) is 0 Å². The van der Waals surface area contributed by atoms with Crippen LogP contribution >= 0.6 is 11.5 Å². The first-order valence-corrected chi connectivity index (χ1v) is 15.1. The van der Waals surface area contributed by atoms with Crippen LogP contribution in [0.15, 0.2) is 58.1 Å². The molecule has 2 heterocycles. The van der Waals surface area contributed by atoms with Gasteiger partial charge in [0, 0.05) is 36.1 Å². The average Bonchev–Trinajstić information content (AvgIpc) is 3.31. The molecule has 11 nitrogen and oxygen atoms in total. The summed E-state index contributed by atoms with van der Waals surface area (Å²) in [6.45, 7) is 6.11. The number of alkyl halides is 3. The number of fused-ring (bicyclic) bond motifs is 1. The van der Waals surface area contributed by atoms with Gasteiger partial charge in [-0.05, 0) is 69.6 Å². The van der Waals surface area contributed by atoms with Crippen molar-refractivity contribution in [2.75, 3.05) is 6.61 Å². The summed E-state index contributed by atoms with van der Waals surface area (Å²) >= 11 is 1.09. The van der Waals surface area contributed by atoms with Crippen LogP contribution < -0.4 is 20.7 Å². The molecular formula is C27H28F3N5O6S2. The third-order valence-electron chi connectivity index (χ3n) is 6.36. The number of para-hydroxylation sites is 1. The van der Waals surface area contributed by atoms with E-state index in [2.05, 4.69) is 4.37 Å². The SMILES string of the molecule is CC(C)N(C(C)C)S(=O)(=O)NC(=O)COc1ccccc1-c1nsc2ccc(-n3c(=O)cc(C(F)(F)F)n(C)c3=O)cc12. The van der Waals surface area contributed by atoms with Gasteiger partial charge in [-0.25, -0.2) is 14.1 Å². The van der Waals surface area contributed by atoms with E-state index >= 15 is 0 Å². The lowest BCUT2D eigenvalue weighted by atomic mass is 10.1. The smallest absolute Gasteiger partial charge is 0.431 e. The zero-order valence-corrected chi connectivity index (χ0v) is 25.3. The summed E-state index contributed by atoms with van der Waals surface area (Å²) in [6.07, 6.45) is -4.90. The van der Waals surface area contributed by atoms with E-state index in [1.807, 2.05) is 4.72 Å². The molecule has 1 N–H and O–H groups in total. The first kappa shape index (κ1) is 31.9. The van der Waals surface area contributed by atoms with Crippen LogP contribution in [0.2, 0.25) is 0 Å². The molecule has 0 spiro atoms. The molecule has 230 valence electrons. The summed E-state index contributed by atoms with van der Waals surface area (Å²) in [5.41, 5.74) is -2.91. The maximum atomic E-state index is 13.3. The van der Waals surface area contributed by atoms with Gasteiger partial charge in [0.25, 0.3) is 11.5 Å². The molecule has 0 aliphatic rings. The van der Waals surface area contributed by atoms with Crippen molar-refractivity contribution in [2.45, 2.75) is 46.0 Å². The summed E-state index contributed by atoms with van der Waals surface area (Å²) < 4.78 is 80.3. The van der Waals surface area contributed by atoms with Crippen molar-refractivity contribution < 1.29 is 31.1 Å². The number of benzene rings is 2. The normalized spacial score (nSPS) is 12.4. The zero-order chi connectivity index (χ0) is 31.9. The largest absolute Gasteiger partial charge is 0.483 e. The van der Waals surface area contributed by atoms with Crippen molar-refractivity contribution in [2.24, 2.45) is 7.05 Å². The number of hydrogen-bond acceptors (Lipinski definition) is 8. The molecule has 4 rings (SSSR count). The Balaban J connectivity index is 1.67. The summed E-state index contributed by atoms with van der Waals surface area (Å²) in [5.74, 6) is -0.705. The minimum atomic E-state index is -4.90. The van der Waals surface area contributed by atoms with Crippen LogP contribution in [0.5, 0.6) is 5.75 Å². The van der Waals surface area contributed by atoms with Crippen LogP contribution in [0, 0.1) is 0 Å². The quantitative estimate of drug-likeness (QED) is 0.296. The molecule has 0 unspecified atom stereocenters. The highest BCUT2D eigenvalue weighted by Gasteiger charge is 2.35. The molecule has 0 aliphatic carbocycles. The van der Waals surface area contributed by atoms with E-state index < -0.39 is 57.9 Å². The van der Waals surface area contributed by atoms with Gasteiger partial charge in [0.15, 0.2) is 6.61 Å². The number of hydrogen-bond donors (Lipinski definition) is 1. The van der Waals surface area contributed by atoms with E-state index in [1.165, 1.54) is 12.1 Å². The number of halogens is 3. The summed E-state index contributed by atoms with van der Waals surface area (Å²) in [6, 6.07) is 10.5. The van der Waals surface area contributed by atoms with E-state index in [1.54, 1.807) is 58.0 Å². The van der Waals surface area contributed by atoms with Crippen molar-refractivity contribution >= 4 is 37.7 Å². The van der Waals surface area contributed by atoms with Gasteiger partial charge < -0.3 is 4.74 Å². The summed E-state index contributed by atoms with van der Waals surface area (Å²) in [4.78, 5) is 38.0. The summed E-state index contributed by atoms with van der Waals surface area (Å²) in [5, 5.41) is 0.462. The second-order valence-corrected chi connectivity index (χ2v) is 12.5. The number of carbonyl (C=O) groups excluding carboxylic acids is 1. The van der Waals surface area contributed by atoms with Gasteiger partial charge in [-0.2, -0.15) is 30.3 Å². The zero-order valence-electron chi connectivity index (χ0n) is 23.7. The van der Waals surface area contributed by atoms with Gasteiger partial charge in [-0.1, -0.05) is 12.1 Å². The van der Waals surface area contributed by atoms with Crippen LogP contribution in [0.1, 0.15) is 33.4 Å². The first-order valence-electron chi connectivity index (χ1n) is 12.9. The van der Waals surface area contributed by atoms with Crippen molar-refractivity contribution in [1.82, 2.24) is 22.5 Å². The van der Waals surface area contributed by atoms with Crippen LogP contribution in [0.25, 0.3) is 27.0 Å².